The smallest absolute Gasteiger partial charge is 0.309 e. The van der Waals surface area contributed by atoms with Gasteiger partial charge in [0.15, 0.2) is 0 Å². The maximum Gasteiger partial charge on any atom is 0.309 e. The molecule has 0 saturated carbocycles. The maximum atomic E-state index is 12.4. The molecule has 22 heavy (non-hydrogen) atoms. The summed E-state index contributed by atoms with van der Waals surface area (Å²) in [6, 6.07) is 8.95. The fourth-order valence-electron chi connectivity index (χ4n) is 3.58. The zero-order valence-electron chi connectivity index (χ0n) is 12.7. The third-order valence-corrected chi connectivity index (χ3v) is 7.22. The van der Waals surface area contributed by atoms with E-state index in [2.05, 4.69) is 0 Å². The Hall–Kier alpha value is -1.14. The zero-order chi connectivity index (χ0) is 15.9. The highest BCUT2D eigenvalue weighted by Gasteiger charge is 2.65. The van der Waals surface area contributed by atoms with Crippen molar-refractivity contribution >= 4 is 24.6 Å². The molecular weight excluding hydrogens is 299 g/mol. The van der Waals surface area contributed by atoms with Crippen LogP contribution >= 0.6 is 0 Å². The van der Waals surface area contributed by atoms with Gasteiger partial charge in [-0.05, 0) is 12.5 Å². The summed E-state index contributed by atoms with van der Waals surface area (Å²) in [5.41, 5.74) is 0.175. The minimum atomic E-state index is -1.07. The van der Waals surface area contributed by atoms with Gasteiger partial charge in [0.1, 0.15) is 14.5 Å². The normalized spacial score (nSPS) is 39.8. The lowest BCUT2D eigenvalue weighted by Crippen LogP contribution is -2.47. The molecule has 2 bridgehead atoms. The van der Waals surface area contributed by atoms with Crippen molar-refractivity contribution in [2.45, 2.75) is 49.0 Å². The first-order valence-electron chi connectivity index (χ1n) is 7.48. The van der Waals surface area contributed by atoms with E-state index >= 15 is 0 Å². The predicted molar refractivity (Wildman–Crippen MR) is 84.8 cm³/mol. The van der Waals surface area contributed by atoms with Gasteiger partial charge in [-0.2, -0.15) is 0 Å². The van der Waals surface area contributed by atoms with Gasteiger partial charge >= 0.3 is 5.97 Å². The number of rotatable bonds is 4. The highest BCUT2D eigenvalue weighted by molar-refractivity contribution is 7.86. The Labute approximate surface area is 134 Å². The number of ether oxygens (including phenoxy) is 2. The quantitative estimate of drug-likeness (QED) is 0.624. The first-order valence-corrected chi connectivity index (χ1v) is 8.75. The average molecular weight is 318 g/mol. The van der Waals surface area contributed by atoms with E-state index < -0.39 is 22.4 Å². The van der Waals surface area contributed by atoms with Gasteiger partial charge in [-0.25, -0.2) is 0 Å². The molecule has 116 valence electrons. The van der Waals surface area contributed by atoms with E-state index in [9.17, 15) is 9.00 Å². The molecule has 0 N–H and O–H groups in total. The molecule has 0 amide bonds. The number of hydrogen-bond donors (Lipinski definition) is 0. The molecule has 4 nitrogen and oxygen atoms in total. The van der Waals surface area contributed by atoms with Crippen LogP contribution in [0.2, 0.25) is 0 Å². The Morgan fingerprint density at radius 2 is 2.05 bits per heavy atom. The van der Waals surface area contributed by atoms with Crippen LogP contribution in [0.25, 0.3) is 0 Å². The van der Waals surface area contributed by atoms with Crippen molar-refractivity contribution in [2.75, 3.05) is 0 Å². The summed E-state index contributed by atoms with van der Waals surface area (Å²) in [7, 11) is 4.85. The number of hydrogen-bond acceptors (Lipinski definition) is 4. The summed E-state index contributed by atoms with van der Waals surface area (Å²) < 4.78 is 23.5. The molecule has 0 aromatic heterocycles. The molecule has 2 saturated heterocycles. The lowest BCUT2D eigenvalue weighted by Gasteiger charge is -2.35. The van der Waals surface area contributed by atoms with Crippen LogP contribution in [0.1, 0.15) is 25.8 Å². The lowest BCUT2D eigenvalue weighted by molar-refractivity contribution is -0.153. The lowest BCUT2D eigenvalue weighted by atomic mass is 9.82. The van der Waals surface area contributed by atoms with E-state index in [1.54, 1.807) is 0 Å². The van der Waals surface area contributed by atoms with Crippen molar-refractivity contribution in [1.82, 2.24) is 0 Å². The molecule has 0 spiro atoms. The molecule has 2 radical (unpaired) electrons. The van der Waals surface area contributed by atoms with Crippen LogP contribution in [0.4, 0.5) is 0 Å². The van der Waals surface area contributed by atoms with Gasteiger partial charge in [-0.1, -0.05) is 37.3 Å². The molecule has 2 aliphatic rings. The summed E-state index contributed by atoms with van der Waals surface area (Å²) in [5.74, 6) is -0.350. The average Bonchev–Trinajstić information content (AvgIpc) is 2.84. The number of esters is 1. The zero-order valence-corrected chi connectivity index (χ0v) is 13.5. The molecule has 2 fully saturated rings. The molecule has 0 aliphatic carbocycles. The fraction of sp³-hybridized carbons (Fsp3) is 0.562. The van der Waals surface area contributed by atoms with E-state index in [-0.39, 0.29) is 35.4 Å². The van der Waals surface area contributed by atoms with Gasteiger partial charge in [-0.3, -0.25) is 9.00 Å². The summed E-state index contributed by atoms with van der Waals surface area (Å²) in [6.45, 7) is 4.06. The maximum absolute atomic E-state index is 12.4. The molecule has 6 heteroatoms. The van der Waals surface area contributed by atoms with Gasteiger partial charge in [0, 0.05) is 22.7 Å². The summed E-state index contributed by atoms with van der Waals surface area (Å²) in [6.07, 6.45) is 0.0953. The van der Waals surface area contributed by atoms with Crippen LogP contribution in [0.3, 0.4) is 0 Å². The number of carbonyl (C=O) groups excluding carboxylic acids is 1. The van der Waals surface area contributed by atoms with Crippen LogP contribution < -0.4 is 0 Å². The fourth-order valence-corrected chi connectivity index (χ4v) is 5.75. The van der Waals surface area contributed by atoms with E-state index in [4.69, 9.17) is 17.3 Å². The van der Waals surface area contributed by atoms with Crippen molar-refractivity contribution in [3.8, 4) is 0 Å². The molecular formula is C16H19BO4S. The van der Waals surface area contributed by atoms with Crippen molar-refractivity contribution in [3.63, 3.8) is 0 Å². The monoisotopic (exact) mass is 318 g/mol. The third-order valence-electron chi connectivity index (χ3n) is 4.91. The topological polar surface area (TPSA) is 52.6 Å². The molecule has 2 heterocycles. The minimum Gasteiger partial charge on any atom is -0.461 e. The van der Waals surface area contributed by atoms with E-state index in [1.165, 1.54) is 0 Å². The standard InChI is InChI=1S/C16H19BO4S/c1-10-14-15(17)21-16(10,11(2)22(14)19)8-13(18)20-9-12-6-4-3-5-7-12/h3-7,10-11,14-15H,8-9H2,1-2H3/t10?,11-,14+,15-,16-,22?/m1/s1. The largest absolute Gasteiger partial charge is 0.461 e. The Balaban J connectivity index is 1.67. The first kappa shape index (κ1) is 15.7. The van der Waals surface area contributed by atoms with Crippen LogP contribution in [0.5, 0.6) is 0 Å². The van der Waals surface area contributed by atoms with Crippen LogP contribution in [-0.2, 0) is 31.7 Å². The van der Waals surface area contributed by atoms with Crippen molar-refractivity contribution < 1.29 is 18.5 Å². The van der Waals surface area contributed by atoms with Crippen LogP contribution in [0, 0.1) is 5.92 Å². The summed E-state index contributed by atoms with van der Waals surface area (Å²) in [5, 5.41) is -0.409. The van der Waals surface area contributed by atoms with Gasteiger partial charge in [0.25, 0.3) is 0 Å². The SMILES string of the molecule is [B][C@@H]1O[C@]2(CC(=O)OCc3ccccc3)C(C)[C@@H]1S(=O)[C@@H]2C. The van der Waals surface area contributed by atoms with Crippen LogP contribution in [0.15, 0.2) is 30.3 Å². The Kier molecular flexibility index (Phi) is 4.16. The summed E-state index contributed by atoms with van der Waals surface area (Å²) >= 11 is 0. The predicted octanol–water partition coefficient (Wildman–Crippen LogP) is 1.54. The Morgan fingerprint density at radius 1 is 1.36 bits per heavy atom. The highest BCUT2D eigenvalue weighted by Crippen LogP contribution is 2.51. The van der Waals surface area contributed by atoms with Gasteiger partial charge < -0.3 is 9.47 Å². The molecule has 1 aromatic rings. The van der Waals surface area contributed by atoms with E-state index in [1.807, 2.05) is 44.2 Å². The molecule has 2 unspecified atom stereocenters. The second-order valence-electron chi connectivity index (χ2n) is 6.08. The minimum absolute atomic E-state index is 0.0115. The van der Waals surface area contributed by atoms with Gasteiger partial charge in [0.2, 0.25) is 0 Å². The first-order chi connectivity index (χ1) is 10.5. The molecule has 2 aliphatic heterocycles. The second-order valence-corrected chi connectivity index (χ2v) is 7.99. The number of benzene rings is 1. The molecule has 3 rings (SSSR count). The third kappa shape index (κ3) is 2.42. The van der Waals surface area contributed by atoms with Crippen molar-refractivity contribution in [3.05, 3.63) is 35.9 Å². The molecule has 6 atom stereocenters. The molecule has 1 aromatic carbocycles. The van der Waals surface area contributed by atoms with Gasteiger partial charge in [0.05, 0.1) is 22.5 Å². The Bertz CT molecular complexity index is 593. The number of carbonyl (C=O) groups is 1. The van der Waals surface area contributed by atoms with Crippen LogP contribution in [-0.4, -0.2) is 40.1 Å². The van der Waals surface area contributed by atoms with Crippen molar-refractivity contribution in [1.29, 1.82) is 0 Å². The second kappa shape index (κ2) is 5.82. The Morgan fingerprint density at radius 3 is 2.68 bits per heavy atom. The summed E-state index contributed by atoms with van der Waals surface area (Å²) in [4.78, 5) is 12.2. The number of fused-ring (bicyclic) bond motifs is 2. The van der Waals surface area contributed by atoms with E-state index in [0.717, 1.165) is 5.56 Å². The highest BCUT2D eigenvalue weighted by atomic mass is 32.2. The van der Waals surface area contributed by atoms with Crippen molar-refractivity contribution in [2.24, 2.45) is 5.92 Å². The van der Waals surface area contributed by atoms with Gasteiger partial charge in [-0.15, -0.1) is 0 Å². The van der Waals surface area contributed by atoms with E-state index in [0.29, 0.717) is 0 Å².